The minimum atomic E-state index is -3.70. The normalized spacial score (nSPS) is 15.7. The molecule has 1 aromatic carbocycles. The van der Waals surface area contributed by atoms with Crippen molar-refractivity contribution in [2.75, 3.05) is 26.2 Å². The largest absolute Gasteiger partial charge is 0.340 e. The monoisotopic (exact) mass is 423 g/mol. The third kappa shape index (κ3) is 4.53. The van der Waals surface area contributed by atoms with Crippen molar-refractivity contribution in [3.05, 3.63) is 50.8 Å². The number of carbonyl (C=O) groups is 1. The number of nitrogens with zero attached hydrogens (tertiary/aromatic N) is 2. The number of aromatic nitrogens is 1. The van der Waals surface area contributed by atoms with Crippen LogP contribution in [0, 0.1) is 6.92 Å². The summed E-state index contributed by atoms with van der Waals surface area (Å²) in [4.78, 5) is 27.8. The molecule has 1 amide bonds. The molecule has 0 bridgehead atoms. The van der Waals surface area contributed by atoms with E-state index < -0.39 is 10.0 Å². The van der Waals surface area contributed by atoms with Gasteiger partial charge in [-0.05, 0) is 30.9 Å². The van der Waals surface area contributed by atoms with Crippen LogP contribution >= 0.6 is 11.3 Å². The van der Waals surface area contributed by atoms with E-state index in [4.69, 9.17) is 0 Å². The van der Waals surface area contributed by atoms with Gasteiger partial charge < -0.3 is 9.88 Å². The summed E-state index contributed by atoms with van der Waals surface area (Å²) >= 11 is 0.709. The summed E-state index contributed by atoms with van der Waals surface area (Å²) in [5.41, 5.74) is 2.77. The van der Waals surface area contributed by atoms with Crippen molar-refractivity contribution < 1.29 is 13.2 Å². The van der Waals surface area contributed by atoms with Crippen LogP contribution in [-0.2, 0) is 27.7 Å². The maximum Gasteiger partial charge on any atom is 0.305 e. The number of hydrogen-bond donors (Lipinski definition) is 1. The molecule has 1 saturated heterocycles. The Morgan fingerprint density at radius 1 is 1.11 bits per heavy atom. The number of piperazine rings is 1. The molecule has 1 aromatic heterocycles. The zero-order chi connectivity index (χ0) is 20.3. The van der Waals surface area contributed by atoms with Gasteiger partial charge >= 0.3 is 4.87 Å². The highest BCUT2D eigenvalue weighted by Gasteiger charge is 2.32. The number of hydrogen-bond acceptors (Lipinski definition) is 5. The minimum Gasteiger partial charge on any atom is -0.340 e. The van der Waals surface area contributed by atoms with Crippen LogP contribution in [0.2, 0.25) is 0 Å². The molecular formula is C19H25N3O4S2. The first kappa shape index (κ1) is 20.8. The van der Waals surface area contributed by atoms with E-state index in [0.717, 1.165) is 12.0 Å². The number of nitrogens with one attached hydrogen (secondary N) is 1. The summed E-state index contributed by atoms with van der Waals surface area (Å²) in [6.45, 7) is 4.90. The molecule has 7 nitrogen and oxygen atoms in total. The number of sulfonamides is 1. The van der Waals surface area contributed by atoms with E-state index in [1.165, 1.54) is 9.87 Å². The minimum absolute atomic E-state index is 0.0408. The molecule has 2 heterocycles. The van der Waals surface area contributed by atoms with Crippen LogP contribution in [0.1, 0.15) is 30.2 Å². The first-order valence-electron chi connectivity index (χ1n) is 9.36. The van der Waals surface area contributed by atoms with E-state index in [1.54, 1.807) is 11.8 Å². The van der Waals surface area contributed by atoms with Crippen LogP contribution in [0.25, 0.3) is 0 Å². The standard InChI is InChI=1S/C19H25N3O4S2/c1-3-15-4-6-16(7-5-15)8-9-17(23)21-10-12-22(13-11-21)28(25,26)18-14(2)20-19(24)27-18/h4-7H,3,8-13H2,1-2H3,(H,20,24). The van der Waals surface area contributed by atoms with Gasteiger partial charge in [-0.25, -0.2) is 8.42 Å². The molecule has 1 fully saturated rings. The van der Waals surface area contributed by atoms with E-state index in [-0.39, 0.29) is 28.1 Å². The van der Waals surface area contributed by atoms with Gasteiger partial charge in [0.25, 0.3) is 10.0 Å². The van der Waals surface area contributed by atoms with Gasteiger partial charge in [0.2, 0.25) is 5.91 Å². The van der Waals surface area contributed by atoms with Crippen molar-refractivity contribution in [1.29, 1.82) is 0 Å². The lowest BCUT2D eigenvalue weighted by atomic mass is 10.1. The maximum absolute atomic E-state index is 12.7. The van der Waals surface area contributed by atoms with Gasteiger partial charge in [-0.2, -0.15) is 4.31 Å². The van der Waals surface area contributed by atoms with Crippen molar-refractivity contribution >= 4 is 27.3 Å². The number of amides is 1. The van der Waals surface area contributed by atoms with E-state index in [0.29, 0.717) is 43.0 Å². The smallest absolute Gasteiger partial charge is 0.305 e. The molecule has 152 valence electrons. The molecule has 0 atom stereocenters. The Morgan fingerprint density at radius 2 is 1.71 bits per heavy atom. The number of rotatable bonds is 6. The first-order chi connectivity index (χ1) is 13.3. The Balaban J connectivity index is 1.55. The van der Waals surface area contributed by atoms with E-state index >= 15 is 0 Å². The van der Waals surface area contributed by atoms with Crippen LogP contribution in [0.3, 0.4) is 0 Å². The molecule has 1 aliphatic rings. The average molecular weight is 424 g/mol. The number of benzene rings is 1. The third-order valence-electron chi connectivity index (χ3n) is 5.01. The second kappa shape index (κ2) is 8.59. The summed E-state index contributed by atoms with van der Waals surface area (Å²) in [7, 11) is -3.70. The number of aromatic amines is 1. The fourth-order valence-corrected chi connectivity index (χ4v) is 6.14. The molecule has 1 N–H and O–H groups in total. The molecule has 0 radical (unpaired) electrons. The van der Waals surface area contributed by atoms with E-state index in [2.05, 4.69) is 36.2 Å². The van der Waals surface area contributed by atoms with Gasteiger partial charge in [0.05, 0.1) is 0 Å². The SMILES string of the molecule is CCc1ccc(CCC(=O)N2CCN(S(=O)(=O)c3sc(=O)[nH]c3C)CC2)cc1. The highest BCUT2D eigenvalue weighted by molar-refractivity contribution is 7.91. The lowest BCUT2D eigenvalue weighted by molar-refractivity contribution is -0.132. The van der Waals surface area contributed by atoms with E-state index in [9.17, 15) is 18.0 Å². The molecular weight excluding hydrogens is 398 g/mol. The van der Waals surface area contributed by atoms with Crippen molar-refractivity contribution in [2.24, 2.45) is 0 Å². The molecule has 28 heavy (non-hydrogen) atoms. The Hall–Kier alpha value is -1.97. The molecule has 3 rings (SSSR count). The first-order valence-corrected chi connectivity index (χ1v) is 11.6. The van der Waals surface area contributed by atoms with Gasteiger partial charge in [-0.1, -0.05) is 42.5 Å². The summed E-state index contributed by atoms with van der Waals surface area (Å²) < 4.78 is 26.9. The Labute approximate surface area is 169 Å². The predicted octanol–water partition coefficient (Wildman–Crippen LogP) is 1.77. The molecule has 9 heteroatoms. The molecule has 1 aliphatic heterocycles. The summed E-state index contributed by atoms with van der Waals surface area (Å²) in [5.74, 6) is 0.0408. The lowest BCUT2D eigenvalue weighted by Gasteiger charge is -2.33. The summed E-state index contributed by atoms with van der Waals surface area (Å²) in [6.07, 6.45) is 2.08. The highest BCUT2D eigenvalue weighted by Crippen LogP contribution is 2.22. The third-order valence-corrected chi connectivity index (χ3v) is 8.49. The van der Waals surface area contributed by atoms with Gasteiger partial charge in [0, 0.05) is 38.3 Å². The Kier molecular flexibility index (Phi) is 6.36. The van der Waals surface area contributed by atoms with Crippen molar-refractivity contribution in [3.8, 4) is 0 Å². The van der Waals surface area contributed by atoms with Crippen LogP contribution in [0.15, 0.2) is 33.3 Å². The van der Waals surface area contributed by atoms with Gasteiger partial charge in [0.15, 0.2) is 4.21 Å². The maximum atomic E-state index is 12.7. The topological polar surface area (TPSA) is 90.6 Å². The molecule has 2 aromatic rings. The summed E-state index contributed by atoms with van der Waals surface area (Å²) in [5, 5.41) is 0. The number of aryl methyl sites for hydroxylation is 3. The number of H-pyrrole nitrogens is 1. The van der Waals surface area contributed by atoms with Gasteiger partial charge in [-0.3, -0.25) is 9.59 Å². The quantitative estimate of drug-likeness (QED) is 0.767. The van der Waals surface area contributed by atoms with Crippen LogP contribution in [-0.4, -0.2) is 54.7 Å². The lowest BCUT2D eigenvalue weighted by Crippen LogP contribution is -2.50. The van der Waals surface area contributed by atoms with Crippen molar-refractivity contribution in [3.63, 3.8) is 0 Å². The van der Waals surface area contributed by atoms with Crippen LogP contribution in [0.4, 0.5) is 0 Å². The fraction of sp³-hybridized carbons (Fsp3) is 0.474. The number of carbonyl (C=O) groups excluding carboxylic acids is 1. The Bertz CT molecular complexity index is 985. The number of thiazole rings is 1. The summed E-state index contributed by atoms with van der Waals surface area (Å²) in [6, 6.07) is 8.28. The van der Waals surface area contributed by atoms with E-state index in [1.807, 2.05) is 0 Å². The van der Waals surface area contributed by atoms with Crippen LogP contribution < -0.4 is 4.87 Å². The molecule has 0 spiro atoms. The zero-order valence-corrected chi connectivity index (χ0v) is 17.7. The van der Waals surface area contributed by atoms with Gasteiger partial charge in [-0.15, -0.1) is 0 Å². The molecule has 0 unspecified atom stereocenters. The highest BCUT2D eigenvalue weighted by atomic mass is 32.2. The van der Waals surface area contributed by atoms with Gasteiger partial charge in [0.1, 0.15) is 0 Å². The Morgan fingerprint density at radius 3 is 2.25 bits per heavy atom. The second-order valence-electron chi connectivity index (χ2n) is 6.88. The molecule has 0 saturated carbocycles. The van der Waals surface area contributed by atoms with Crippen LogP contribution in [0.5, 0.6) is 0 Å². The van der Waals surface area contributed by atoms with Crippen molar-refractivity contribution in [1.82, 2.24) is 14.2 Å². The predicted molar refractivity (Wildman–Crippen MR) is 109 cm³/mol. The second-order valence-corrected chi connectivity index (χ2v) is 10.00. The zero-order valence-electron chi connectivity index (χ0n) is 16.1. The average Bonchev–Trinajstić information content (AvgIpc) is 3.05. The molecule has 0 aliphatic carbocycles. The van der Waals surface area contributed by atoms with Crippen molar-refractivity contribution in [2.45, 2.75) is 37.3 Å². The fourth-order valence-electron chi connectivity index (χ4n) is 3.28.